The number of carbonyl (C=O) groups is 1. The summed E-state index contributed by atoms with van der Waals surface area (Å²) < 4.78 is 11.2. The molecule has 116 valence electrons. The average Bonchev–Trinajstić information content (AvgIpc) is 2.42. The van der Waals surface area contributed by atoms with Gasteiger partial charge >= 0.3 is 0 Å². The van der Waals surface area contributed by atoms with E-state index in [1.165, 1.54) is 0 Å². The molecule has 0 aliphatic carbocycles. The van der Waals surface area contributed by atoms with E-state index in [1.54, 1.807) is 0 Å². The number of hydrogen-bond acceptors (Lipinski definition) is 4. The minimum absolute atomic E-state index is 0.00975. The predicted molar refractivity (Wildman–Crippen MR) is 81.6 cm³/mol. The number of nitrogens with one attached hydrogen (secondary N) is 2. The molecule has 0 spiro atoms. The first-order valence-corrected chi connectivity index (χ1v) is 7.30. The molecular formula is C16H24N2O3. The third kappa shape index (κ3) is 4.36. The molecule has 5 nitrogen and oxygen atoms in total. The van der Waals surface area contributed by atoms with Crippen LogP contribution in [0.4, 0.5) is 0 Å². The molecular weight excluding hydrogens is 268 g/mol. The van der Waals surface area contributed by atoms with E-state index in [1.807, 2.05) is 45.9 Å². The summed E-state index contributed by atoms with van der Waals surface area (Å²) in [6.07, 6.45) is 0. The molecule has 1 heterocycles. The highest BCUT2D eigenvalue weighted by Crippen LogP contribution is 2.33. The molecule has 0 bridgehead atoms. The monoisotopic (exact) mass is 292 g/mol. The second kappa shape index (κ2) is 6.35. The highest BCUT2D eigenvalue weighted by atomic mass is 16.6. The van der Waals surface area contributed by atoms with Crippen molar-refractivity contribution < 1.29 is 14.3 Å². The van der Waals surface area contributed by atoms with Gasteiger partial charge in [0.05, 0.1) is 6.04 Å². The lowest BCUT2D eigenvalue weighted by atomic mass is 10.1. The van der Waals surface area contributed by atoms with Crippen LogP contribution < -0.4 is 20.1 Å². The van der Waals surface area contributed by atoms with Gasteiger partial charge < -0.3 is 20.1 Å². The Morgan fingerprint density at radius 3 is 2.71 bits per heavy atom. The second-order valence-electron chi connectivity index (χ2n) is 6.28. The fourth-order valence-corrected chi connectivity index (χ4v) is 2.11. The van der Waals surface area contributed by atoms with Crippen molar-refractivity contribution in [3.05, 3.63) is 23.8 Å². The topological polar surface area (TPSA) is 59.6 Å². The van der Waals surface area contributed by atoms with Gasteiger partial charge in [0, 0.05) is 17.6 Å². The predicted octanol–water partition coefficient (Wildman–Crippen LogP) is 1.85. The Balaban J connectivity index is 1.95. The van der Waals surface area contributed by atoms with Crippen LogP contribution in [0.2, 0.25) is 0 Å². The van der Waals surface area contributed by atoms with E-state index in [-0.39, 0.29) is 17.5 Å². The Morgan fingerprint density at radius 1 is 1.29 bits per heavy atom. The van der Waals surface area contributed by atoms with Crippen molar-refractivity contribution in [2.45, 2.75) is 45.8 Å². The molecule has 0 aromatic heterocycles. The van der Waals surface area contributed by atoms with Crippen LogP contribution in [0, 0.1) is 0 Å². The van der Waals surface area contributed by atoms with Crippen LogP contribution >= 0.6 is 0 Å². The van der Waals surface area contributed by atoms with E-state index < -0.39 is 0 Å². The molecule has 1 aliphatic rings. The number of amides is 1. The number of fused-ring (bicyclic) bond motifs is 1. The van der Waals surface area contributed by atoms with Gasteiger partial charge in [-0.05, 0) is 33.8 Å². The Hall–Kier alpha value is -1.75. The van der Waals surface area contributed by atoms with Crippen molar-refractivity contribution in [2.75, 3.05) is 13.2 Å². The zero-order chi connectivity index (χ0) is 15.5. The Bertz CT molecular complexity index is 509. The lowest BCUT2D eigenvalue weighted by Crippen LogP contribution is -2.49. The summed E-state index contributed by atoms with van der Waals surface area (Å²) in [4.78, 5) is 12.0. The van der Waals surface area contributed by atoms with E-state index >= 15 is 0 Å². The van der Waals surface area contributed by atoms with E-state index in [0.29, 0.717) is 19.8 Å². The Labute approximate surface area is 126 Å². The van der Waals surface area contributed by atoms with Crippen molar-refractivity contribution in [1.82, 2.24) is 10.6 Å². The van der Waals surface area contributed by atoms with Gasteiger partial charge in [-0.1, -0.05) is 12.1 Å². The van der Waals surface area contributed by atoms with E-state index in [0.717, 1.165) is 17.1 Å². The molecule has 0 radical (unpaired) electrons. The molecule has 0 saturated heterocycles. The van der Waals surface area contributed by atoms with Crippen molar-refractivity contribution >= 4 is 5.91 Å². The van der Waals surface area contributed by atoms with Crippen molar-refractivity contribution in [2.24, 2.45) is 0 Å². The third-order valence-electron chi connectivity index (χ3n) is 3.14. The molecule has 2 rings (SSSR count). The first kappa shape index (κ1) is 15.6. The average molecular weight is 292 g/mol. The van der Waals surface area contributed by atoms with Crippen LogP contribution in [-0.4, -0.2) is 30.7 Å². The maximum absolute atomic E-state index is 12.0. The van der Waals surface area contributed by atoms with Crippen LogP contribution in [0.25, 0.3) is 0 Å². The minimum atomic E-state index is -0.274. The molecule has 1 aromatic carbocycles. The minimum Gasteiger partial charge on any atom is -0.486 e. The largest absolute Gasteiger partial charge is 0.486 e. The van der Waals surface area contributed by atoms with Crippen LogP contribution in [0.3, 0.4) is 0 Å². The van der Waals surface area contributed by atoms with Crippen LogP contribution in [0.1, 0.15) is 33.3 Å². The van der Waals surface area contributed by atoms with Crippen molar-refractivity contribution in [3.8, 4) is 11.5 Å². The standard InChI is InChI=1S/C16H24N2O3/c1-11(15(19)18-16(2,3)4)17-10-12-6-5-7-13-14(12)21-9-8-20-13/h5-7,11,17H,8-10H2,1-4H3,(H,18,19). The molecule has 21 heavy (non-hydrogen) atoms. The van der Waals surface area contributed by atoms with Gasteiger partial charge in [-0.25, -0.2) is 0 Å². The lowest BCUT2D eigenvalue weighted by Gasteiger charge is -2.24. The summed E-state index contributed by atoms with van der Waals surface area (Å²) in [5.41, 5.74) is 0.776. The number of ether oxygens (including phenoxy) is 2. The zero-order valence-electron chi connectivity index (χ0n) is 13.2. The first-order valence-electron chi connectivity index (χ1n) is 7.30. The van der Waals surface area contributed by atoms with Crippen molar-refractivity contribution in [1.29, 1.82) is 0 Å². The van der Waals surface area contributed by atoms with Gasteiger partial charge in [0.2, 0.25) is 5.91 Å². The molecule has 2 N–H and O–H groups in total. The normalized spacial score (nSPS) is 15.4. The molecule has 1 atom stereocenters. The van der Waals surface area contributed by atoms with Gasteiger partial charge in [-0.2, -0.15) is 0 Å². The fourth-order valence-electron chi connectivity index (χ4n) is 2.11. The van der Waals surface area contributed by atoms with Gasteiger partial charge in [0.15, 0.2) is 11.5 Å². The SMILES string of the molecule is CC(NCc1cccc2c1OCCO2)C(=O)NC(C)(C)C. The molecule has 1 aromatic rings. The number of para-hydroxylation sites is 1. The van der Waals surface area contributed by atoms with Crippen molar-refractivity contribution in [3.63, 3.8) is 0 Å². The Kier molecular flexibility index (Phi) is 4.73. The van der Waals surface area contributed by atoms with Crippen LogP contribution in [-0.2, 0) is 11.3 Å². The third-order valence-corrected chi connectivity index (χ3v) is 3.14. The molecule has 1 amide bonds. The van der Waals surface area contributed by atoms with Gasteiger partial charge in [0.1, 0.15) is 13.2 Å². The number of carbonyl (C=O) groups excluding carboxylic acids is 1. The van der Waals surface area contributed by atoms with E-state index in [2.05, 4.69) is 10.6 Å². The summed E-state index contributed by atoms with van der Waals surface area (Å²) in [5, 5.41) is 6.18. The van der Waals surface area contributed by atoms with E-state index in [4.69, 9.17) is 9.47 Å². The second-order valence-corrected chi connectivity index (χ2v) is 6.28. The van der Waals surface area contributed by atoms with E-state index in [9.17, 15) is 4.79 Å². The molecule has 1 aliphatic heterocycles. The van der Waals surface area contributed by atoms with Gasteiger partial charge in [-0.3, -0.25) is 4.79 Å². The number of hydrogen-bond donors (Lipinski definition) is 2. The Morgan fingerprint density at radius 2 is 2.00 bits per heavy atom. The quantitative estimate of drug-likeness (QED) is 0.889. The maximum Gasteiger partial charge on any atom is 0.237 e. The fraction of sp³-hybridized carbons (Fsp3) is 0.562. The maximum atomic E-state index is 12.0. The summed E-state index contributed by atoms with van der Waals surface area (Å²) in [6, 6.07) is 5.54. The van der Waals surface area contributed by atoms with Gasteiger partial charge in [-0.15, -0.1) is 0 Å². The zero-order valence-corrected chi connectivity index (χ0v) is 13.2. The molecule has 1 unspecified atom stereocenters. The summed E-state index contributed by atoms with van der Waals surface area (Å²) >= 11 is 0. The summed E-state index contributed by atoms with van der Waals surface area (Å²) in [7, 11) is 0. The summed E-state index contributed by atoms with van der Waals surface area (Å²) in [6.45, 7) is 9.46. The number of rotatable bonds is 4. The highest BCUT2D eigenvalue weighted by molar-refractivity contribution is 5.81. The molecule has 0 fully saturated rings. The highest BCUT2D eigenvalue weighted by Gasteiger charge is 2.20. The number of benzene rings is 1. The van der Waals surface area contributed by atoms with Gasteiger partial charge in [0.25, 0.3) is 0 Å². The lowest BCUT2D eigenvalue weighted by molar-refractivity contribution is -0.124. The molecule has 5 heteroatoms. The summed E-state index contributed by atoms with van der Waals surface area (Å²) in [5.74, 6) is 1.54. The van der Waals surface area contributed by atoms with Crippen LogP contribution in [0.5, 0.6) is 11.5 Å². The van der Waals surface area contributed by atoms with Crippen LogP contribution in [0.15, 0.2) is 18.2 Å². The first-order chi connectivity index (χ1) is 9.87. The molecule has 0 saturated carbocycles. The smallest absolute Gasteiger partial charge is 0.237 e.